The first-order valence-electron chi connectivity index (χ1n) is 7.36. The predicted octanol–water partition coefficient (Wildman–Crippen LogP) is 1.76. The minimum Gasteiger partial charge on any atom is -0.494 e. The molecule has 0 atom stereocenters. The Balaban J connectivity index is 1.75. The first kappa shape index (κ1) is 15.0. The molecule has 3 aromatic rings. The average molecular weight is 311 g/mol. The zero-order valence-corrected chi connectivity index (χ0v) is 13.0. The summed E-state index contributed by atoms with van der Waals surface area (Å²) in [5.74, 6) is 0.919. The third-order valence-corrected chi connectivity index (χ3v) is 3.34. The van der Waals surface area contributed by atoms with Crippen LogP contribution in [0, 0.1) is 6.92 Å². The molecule has 1 N–H and O–H groups in total. The summed E-state index contributed by atoms with van der Waals surface area (Å²) in [7, 11) is 0. The molecule has 0 radical (unpaired) electrons. The molecule has 0 aliphatic carbocycles. The Morgan fingerprint density at radius 3 is 2.91 bits per heavy atom. The van der Waals surface area contributed by atoms with Gasteiger partial charge in [-0.25, -0.2) is 9.50 Å². The zero-order valence-electron chi connectivity index (χ0n) is 13.0. The maximum atomic E-state index is 12.3. The number of hydrogen-bond donors (Lipinski definition) is 1. The van der Waals surface area contributed by atoms with Crippen LogP contribution in [-0.2, 0) is 6.54 Å². The second-order valence-corrected chi connectivity index (χ2v) is 4.96. The monoisotopic (exact) mass is 311 g/mol. The number of benzene rings is 1. The second kappa shape index (κ2) is 6.43. The van der Waals surface area contributed by atoms with Crippen LogP contribution in [0.4, 0.5) is 0 Å². The van der Waals surface area contributed by atoms with Gasteiger partial charge in [0.15, 0.2) is 0 Å². The van der Waals surface area contributed by atoms with Crippen molar-refractivity contribution in [3.63, 3.8) is 0 Å². The van der Waals surface area contributed by atoms with Crippen molar-refractivity contribution in [3.8, 4) is 5.75 Å². The van der Waals surface area contributed by atoms with E-state index in [9.17, 15) is 4.79 Å². The average Bonchev–Trinajstić information content (AvgIpc) is 3.00. The number of carbonyl (C=O) groups is 1. The maximum Gasteiger partial charge on any atom is 0.291 e. The molecule has 7 heteroatoms. The molecular weight excluding hydrogens is 294 g/mol. The van der Waals surface area contributed by atoms with E-state index in [-0.39, 0.29) is 11.7 Å². The van der Waals surface area contributed by atoms with E-state index in [4.69, 9.17) is 4.74 Å². The molecule has 3 rings (SSSR count). The van der Waals surface area contributed by atoms with Crippen LogP contribution in [0.1, 0.15) is 28.8 Å². The highest BCUT2D eigenvalue weighted by atomic mass is 16.5. The summed E-state index contributed by atoms with van der Waals surface area (Å²) in [6, 6.07) is 9.39. The largest absolute Gasteiger partial charge is 0.494 e. The summed E-state index contributed by atoms with van der Waals surface area (Å²) >= 11 is 0. The van der Waals surface area contributed by atoms with Gasteiger partial charge in [0, 0.05) is 24.0 Å². The topological polar surface area (TPSA) is 81.4 Å². The molecule has 0 saturated carbocycles. The lowest BCUT2D eigenvalue weighted by Gasteiger charge is -2.10. The third-order valence-electron chi connectivity index (χ3n) is 3.34. The van der Waals surface area contributed by atoms with Crippen LogP contribution in [0.5, 0.6) is 5.75 Å². The quantitative estimate of drug-likeness (QED) is 0.776. The highest BCUT2D eigenvalue weighted by molar-refractivity contribution is 5.90. The number of rotatable bonds is 5. The van der Waals surface area contributed by atoms with Crippen LogP contribution < -0.4 is 10.1 Å². The number of aromatic nitrogens is 4. The fourth-order valence-corrected chi connectivity index (χ4v) is 2.20. The van der Waals surface area contributed by atoms with E-state index in [1.165, 1.54) is 0 Å². The molecular formula is C16H17N5O2. The molecule has 118 valence electrons. The van der Waals surface area contributed by atoms with E-state index in [1.807, 2.05) is 44.2 Å². The second-order valence-electron chi connectivity index (χ2n) is 4.96. The maximum absolute atomic E-state index is 12.3. The zero-order chi connectivity index (χ0) is 16.2. The van der Waals surface area contributed by atoms with Crippen molar-refractivity contribution in [2.75, 3.05) is 6.61 Å². The molecule has 7 nitrogen and oxygen atoms in total. The Morgan fingerprint density at radius 1 is 1.30 bits per heavy atom. The lowest BCUT2D eigenvalue weighted by molar-refractivity contribution is 0.0940. The fraction of sp³-hybridized carbons (Fsp3) is 0.250. The molecule has 0 unspecified atom stereocenters. The van der Waals surface area contributed by atoms with Gasteiger partial charge in [-0.3, -0.25) is 4.79 Å². The lowest BCUT2D eigenvalue weighted by Crippen LogP contribution is -2.24. The van der Waals surface area contributed by atoms with Crippen LogP contribution >= 0.6 is 0 Å². The van der Waals surface area contributed by atoms with E-state index in [0.29, 0.717) is 18.9 Å². The first-order chi connectivity index (χ1) is 11.2. The first-order valence-corrected chi connectivity index (χ1v) is 7.36. The van der Waals surface area contributed by atoms with Gasteiger partial charge in [-0.2, -0.15) is 4.98 Å². The number of nitrogens with zero attached hydrogens (tertiary/aromatic N) is 4. The van der Waals surface area contributed by atoms with E-state index in [1.54, 1.807) is 10.7 Å². The minimum atomic E-state index is -0.346. The van der Waals surface area contributed by atoms with Gasteiger partial charge in [-0.15, -0.1) is 5.10 Å². The third kappa shape index (κ3) is 3.13. The Bertz CT molecular complexity index is 843. The summed E-state index contributed by atoms with van der Waals surface area (Å²) in [5.41, 5.74) is 1.77. The van der Waals surface area contributed by atoms with E-state index in [2.05, 4.69) is 20.4 Å². The molecule has 1 amide bonds. The van der Waals surface area contributed by atoms with Gasteiger partial charge in [0.25, 0.3) is 11.7 Å². The summed E-state index contributed by atoms with van der Waals surface area (Å²) < 4.78 is 7.09. The van der Waals surface area contributed by atoms with Crippen molar-refractivity contribution < 1.29 is 9.53 Å². The highest BCUT2D eigenvalue weighted by Crippen LogP contribution is 2.17. The molecule has 0 aliphatic rings. The number of para-hydroxylation sites is 1. The van der Waals surface area contributed by atoms with Gasteiger partial charge in [0.2, 0.25) is 5.82 Å². The SMILES string of the molecule is CCOc1ccccc1CNC(=O)c1nc2nccc(C)n2n1. The number of amides is 1. The van der Waals surface area contributed by atoms with Crippen molar-refractivity contribution in [2.24, 2.45) is 0 Å². The summed E-state index contributed by atoms with van der Waals surface area (Å²) in [6.45, 7) is 4.72. The Kier molecular flexibility index (Phi) is 4.18. The Labute approximate surface area is 133 Å². The molecule has 0 saturated heterocycles. The molecule has 2 heterocycles. The number of fused-ring (bicyclic) bond motifs is 1. The van der Waals surface area contributed by atoms with Gasteiger partial charge in [0.1, 0.15) is 5.75 Å². The number of aryl methyl sites for hydroxylation is 1. The summed E-state index contributed by atoms with van der Waals surface area (Å²) in [6.07, 6.45) is 1.64. The molecule has 1 aromatic carbocycles. The molecule has 0 bridgehead atoms. The lowest BCUT2D eigenvalue weighted by atomic mass is 10.2. The van der Waals surface area contributed by atoms with Gasteiger partial charge >= 0.3 is 0 Å². The Morgan fingerprint density at radius 2 is 2.13 bits per heavy atom. The van der Waals surface area contributed by atoms with Gasteiger partial charge in [-0.05, 0) is 26.0 Å². The minimum absolute atomic E-state index is 0.0979. The number of nitrogens with one attached hydrogen (secondary N) is 1. The number of carbonyl (C=O) groups excluding carboxylic acids is 1. The molecule has 0 fully saturated rings. The van der Waals surface area contributed by atoms with E-state index >= 15 is 0 Å². The van der Waals surface area contributed by atoms with Gasteiger partial charge in [0.05, 0.1) is 6.61 Å². The smallest absolute Gasteiger partial charge is 0.291 e. The Hall–Kier alpha value is -2.96. The fourth-order valence-electron chi connectivity index (χ4n) is 2.20. The van der Waals surface area contributed by atoms with Gasteiger partial charge in [-0.1, -0.05) is 18.2 Å². The van der Waals surface area contributed by atoms with Crippen LogP contribution in [0.15, 0.2) is 36.5 Å². The molecule has 2 aromatic heterocycles. The summed E-state index contributed by atoms with van der Waals surface area (Å²) in [4.78, 5) is 20.5. The van der Waals surface area contributed by atoms with E-state index in [0.717, 1.165) is 17.0 Å². The number of hydrogen-bond acceptors (Lipinski definition) is 5. The molecule has 0 aliphatic heterocycles. The van der Waals surface area contributed by atoms with Crippen molar-refractivity contribution in [2.45, 2.75) is 20.4 Å². The van der Waals surface area contributed by atoms with E-state index < -0.39 is 0 Å². The van der Waals surface area contributed by atoms with Crippen molar-refractivity contribution in [1.82, 2.24) is 24.9 Å². The summed E-state index contributed by atoms with van der Waals surface area (Å²) in [5, 5.41) is 6.99. The predicted molar refractivity (Wildman–Crippen MR) is 84.3 cm³/mol. The number of ether oxygens (including phenoxy) is 1. The van der Waals surface area contributed by atoms with Gasteiger partial charge < -0.3 is 10.1 Å². The van der Waals surface area contributed by atoms with Crippen LogP contribution in [0.25, 0.3) is 5.78 Å². The van der Waals surface area contributed by atoms with Crippen LogP contribution in [0.3, 0.4) is 0 Å². The molecule has 23 heavy (non-hydrogen) atoms. The van der Waals surface area contributed by atoms with Crippen LogP contribution in [-0.4, -0.2) is 32.1 Å². The molecule has 0 spiro atoms. The van der Waals surface area contributed by atoms with Crippen molar-refractivity contribution in [3.05, 3.63) is 53.6 Å². The van der Waals surface area contributed by atoms with Crippen molar-refractivity contribution in [1.29, 1.82) is 0 Å². The normalized spacial score (nSPS) is 10.7. The highest BCUT2D eigenvalue weighted by Gasteiger charge is 2.14. The van der Waals surface area contributed by atoms with Crippen molar-refractivity contribution >= 4 is 11.7 Å². The standard InChI is InChI=1S/C16H17N5O2/c1-3-23-13-7-5-4-6-12(13)10-18-15(22)14-19-16-17-9-8-11(2)21(16)20-14/h4-9H,3,10H2,1-2H3,(H,18,22). The van der Waals surface area contributed by atoms with Crippen LogP contribution in [0.2, 0.25) is 0 Å².